The van der Waals surface area contributed by atoms with Crippen molar-refractivity contribution in [2.45, 2.75) is 6.92 Å². The Morgan fingerprint density at radius 2 is 2.40 bits per heavy atom. The van der Waals surface area contributed by atoms with Gasteiger partial charge in [-0.25, -0.2) is 0 Å². The zero-order chi connectivity index (χ0) is 10.8. The van der Waals surface area contributed by atoms with Gasteiger partial charge in [-0.3, -0.25) is 0 Å². The minimum Gasteiger partial charge on any atom is -0.319 e. The van der Waals surface area contributed by atoms with Crippen LogP contribution in [0.25, 0.3) is 0 Å². The summed E-state index contributed by atoms with van der Waals surface area (Å²) >= 11 is 11.6. The fourth-order valence-corrected chi connectivity index (χ4v) is 3.53. The van der Waals surface area contributed by atoms with Crippen molar-refractivity contribution in [3.63, 3.8) is 0 Å². The predicted molar refractivity (Wildman–Crippen MR) is 70.6 cm³/mol. The minimum absolute atomic E-state index is 0.647. The van der Waals surface area contributed by atoms with Crippen molar-refractivity contribution >= 4 is 39.3 Å². The smallest absolute Gasteiger partial charge is 0.110 e. The highest BCUT2D eigenvalue weighted by molar-refractivity contribution is 9.12. The summed E-state index contributed by atoms with van der Waals surface area (Å²) < 4.78 is 1.20. The highest BCUT2D eigenvalue weighted by Crippen LogP contribution is 2.44. The van der Waals surface area contributed by atoms with Crippen LogP contribution in [-0.4, -0.2) is 17.2 Å². The Bertz CT molecular complexity index is 439. The third-order valence-corrected chi connectivity index (χ3v) is 4.59. The van der Waals surface area contributed by atoms with E-state index >= 15 is 0 Å². The normalized spacial score (nSPS) is 19.3. The van der Waals surface area contributed by atoms with E-state index in [1.165, 1.54) is 15.1 Å². The Morgan fingerprint density at radius 1 is 1.60 bits per heavy atom. The molecule has 2 aliphatic rings. The molecule has 2 aliphatic heterocycles. The first-order valence-corrected chi connectivity index (χ1v) is 6.66. The molecular weight excluding hydrogens is 294 g/mol. The van der Waals surface area contributed by atoms with Crippen molar-refractivity contribution in [3.05, 3.63) is 32.4 Å². The monoisotopic (exact) mass is 301 g/mol. The Balaban J connectivity index is 2.35. The molecule has 0 atom stereocenters. The summed E-state index contributed by atoms with van der Waals surface area (Å²) in [5, 5.41) is 0.732. The lowest BCUT2D eigenvalue weighted by Crippen LogP contribution is -2.22. The van der Waals surface area contributed by atoms with Gasteiger partial charge in [0, 0.05) is 15.1 Å². The van der Waals surface area contributed by atoms with Crippen molar-refractivity contribution in [1.29, 1.82) is 0 Å². The highest BCUT2D eigenvalue weighted by Gasteiger charge is 2.27. The van der Waals surface area contributed by atoms with Crippen LogP contribution in [0.2, 0.25) is 0 Å². The minimum atomic E-state index is 0.647. The van der Waals surface area contributed by atoms with Gasteiger partial charge in [0.1, 0.15) is 5.16 Å². The van der Waals surface area contributed by atoms with Gasteiger partial charge in [0.15, 0.2) is 0 Å². The van der Waals surface area contributed by atoms with E-state index in [2.05, 4.69) is 33.8 Å². The maximum atomic E-state index is 6.16. The summed E-state index contributed by atoms with van der Waals surface area (Å²) in [5.41, 5.74) is 1.18. The number of allylic oxidation sites excluding steroid dienone is 2. The summed E-state index contributed by atoms with van der Waals surface area (Å²) in [5.74, 6) is 6.91. The molecule has 0 bridgehead atoms. The first kappa shape index (κ1) is 11.2. The van der Waals surface area contributed by atoms with Gasteiger partial charge in [-0.15, -0.1) is 17.7 Å². The molecule has 0 amide bonds. The van der Waals surface area contributed by atoms with Crippen LogP contribution in [0, 0.1) is 11.8 Å². The summed E-state index contributed by atoms with van der Waals surface area (Å²) in [6, 6.07) is 0. The topological polar surface area (TPSA) is 3.24 Å². The summed E-state index contributed by atoms with van der Waals surface area (Å²) in [7, 11) is 0. The van der Waals surface area contributed by atoms with Crippen molar-refractivity contribution in [2.24, 2.45) is 0 Å². The van der Waals surface area contributed by atoms with E-state index in [1.54, 1.807) is 0 Å². The average molecular weight is 303 g/mol. The van der Waals surface area contributed by atoms with Crippen LogP contribution in [0.15, 0.2) is 32.4 Å². The van der Waals surface area contributed by atoms with Crippen molar-refractivity contribution in [3.8, 4) is 11.8 Å². The lowest BCUT2D eigenvalue weighted by atomic mass is 10.2. The van der Waals surface area contributed by atoms with Gasteiger partial charge >= 0.3 is 0 Å². The zero-order valence-electron chi connectivity index (χ0n) is 8.18. The van der Waals surface area contributed by atoms with Crippen LogP contribution in [0.1, 0.15) is 6.92 Å². The van der Waals surface area contributed by atoms with E-state index in [0.717, 1.165) is 10.9 Å². The molecule has 15 heavy (non-hydrogen) atoms. The van der Waals surface area contributed by atoms with Crippen LogP contribution in [0.4, 0.5) is 0 Å². The standard InChI is InChI=1S/C11H9BrClNS/c1-2-3-6-14-10(13)5-4-9-11(14)8(12)7-15-9/h4-5H,6-7H2,1H3. The molecule has 0 N–H and O–H groups in total. The second kappa shape index (κ2) is 4.69. The largest absolute Gasteiger partial charge is 0.319 e. The van der Waals surface area contributed by atoms with E-state index < -0.39 is 0 Å². The molecule has 0 radical (unpaired) electrons. The summed E-state index contributed by atoms with van der Waals surface area (Å²) in [4.78, 5) is 3.31. The highest BCUT2D eigenvalue weighted by atomic mass is 79.9. The number of fused-ring (bicyclic) bond motifs is 1. The molecule has 2 rings (SSSR count). The Kier molecular flexibility index (Phi) is 3.50. The molecule has 1 nitrogen and oxygen atoms in total. The first-order valence-electron chi connectivity index (χ1n) is 4.50. The maximum absolute atomic E-state index is 6.16. The third kappa shape index (κ3) is 2.13. The predicted octanol–water partition coefficient (Wildman–Crippen LogP) is 3.64. The second-order valence-electron chi connectivity index (χ2n) is 3.08. The van der Waals surface area contributed by atoms with Gasteiger partial charge in [-0.05, 0) is 19.1 Å². The Labute approximate surface area is 107 Å². The molecule has 78 valence electrons. The number of hydrogen-bond donors (Lipinski definition) is 0. The van der Waals surface area contributed by atoms with E-state index in [4.69, 9.17) is 11.6 Å². The number of halogens is 2. The van der Waals surface area contributed by atoms with E-state index in [1.807, 2.05) is 29.7 Å². The van der Waals surface area contributed by atoms with E-state index in [0.29, 0.717) is 6.54 Å². The van der Waals surface area contributed by atoms with Gasteiger partial charge < -0.3 is 4.90 Å². The lowest BCUT2D eigenvalue weighted by Gasteiger charge is -2.26. The fraction of sp³-hybridized carbons (Fsp3) is 0.273. The SMILES string of the molecule is CC#CCN1C(Cl)=CC=C2SCC(Br)=C21. The summed E-state index contributed by atoms with van der Waals surface area (Å²) in [6.45, 7) is 2.49. The Hall–Kier alpha value is -0.300. The quantitative estimate of drug-likeness (QED) is 0.537. The number of nitrogens with zero attached hydrogens (tertiary/aromatic N) is 1. The Morgan fingerprint density at radius 3 is 3.13 bits per heavy atom. The van der Waals surface area contributed by atoms with Crippen molar-refractivity contribution < 1.29 is 0 Å². The summed E-state index contributed by atoms with van der Waals surface area (Å²) in [6.07, 6.45) is 3.99. The van der Waals surface area contributed by atoms with Crippen molar-refractivity contribution in [1.82, 2.24) is 4.90 Å². The van der Waals surface area contributed by atoms with Gasteiger partial charge in [0.2, 0.25) is 0 Å². The molecule has 0 saturated carbocycles. The second-order valence-corrected chi connectivity index (χ2v) is 5.44. The van der Waals surface area contributed by atoms with Gasteiger partial charge in [0.05, 0.1) is 12.2 Å². The molecular formula is C11H9BrClNS. The first-order chi connectivity index (χ1) is 7.24. The molecule has 0 aromatic carbocycles. The molecule has 0 aromatic rings. The number of rotatable bonds is 1. The van der Waals surface area contributed by atoms with Crippen LogP contribution >= 0.6 is 39.3 Å². The number of thioether (sulfide) groups is 1. The van der Waals surface area contributed by atoms with Crippen LogP contribution in [0.5, 0.6) is 0 Å². The van der Waals surface area contributed by atoms with Crippen molar-refractivity contribution in [2.75, 3.05) is 12.3 Å². The lowest BCUT2D eigenvalue weighted by molar-refractivity contribution is 0.519. The van der Waals surface area contributed by atoms with Crippen LogP contribution in [0.3, 0.4) is 0 Å². The average Bonchev–Trinajstić information content (AvgIpc) is 2.60. The van der Waals surface area contributed by atoms with Crippen LogP contribution in [-0.2, 0) is 0 Å². The van der Waals surface area contributed by atoms with E-state index in [-0.39, 0.29) is 0 Å². The third-order valence-electron chi connectivity index (χ3n) is 2.16. The number of hydrogen-bond acceptors (Lipinski definition) is 2. The van der Waals surface area contributed by atoms with Gasteiger partial charge in [-0.1, -0.05) is 33.5 Å². The molecule has 0 saturated heterocycles. The molecule has 0 spiro atoms. The van der Waals surface area contributed by atoms with E-state index in [9.17, 15) is 0 Å². The molecule has 2 heterocycles. The molecule has 0 aromatic heterocycles. The fourth-order valence-electron chi connectivity index (χ4n) is 1.47. The van der Waals surface area contributed by atoms with Gasteiger partial charge in [-0.2, -0.15) is 0 Å². The molecule has 0 fully saturated rings. The molecule has 0 unspecified atom stereocenters. The van der Waals surface area contributed by atoms with Crippen LogP contribution < -0.4 is 0 Å². The molecule has 4 heteroatoms. The zero-order valence-corrected chi connectivity index (χ0v) is 11.3. The molecule has 0 aliphatic carbocycles. The maximum Gasteiger partial charge on any atom is 0.110 e. The van der Waals surface area contributed by atoms with Gasteiger partial charge in [0.25, 0.3) is 0 Å².